The molecular weight excluding hydrogens is 92.1 g/mol. The van der Waals surface area contributed by atoms with Crippen LogP contribution >= 0.6 is 0 Å². The maximum Gasteiger partial charge on any atom is 0.0884 e. The van der Waals surface area contributed by atoms with E-state index in [1.807, 2.05) is 6.92 Å². The van der Waals surface area contributed by atoms with E-state index < -0.39 is 0 Å². The van der Waals surface area contributed by atoms with Crippen molar-refractivity contribution in [2.24, 2.45) is 5.92 Å². The molecule has 1 aliphatic carbocycles. The maximum atomic E-state index is 8.77. The van der Waals surface area contributed by atoms with Crippen LogP contribution in [0, 0.1) is 5.92 Å². The number of aliphatic hydroxyl groups excluding tert-OH is 1. The van der Waals surface area contributed by atoms with E-state index in [1.54, 1.807) is 7.11 Å². The third-order valence-corrected chi connectivity index (χ3v) is 1.52. The molecule has 1 fully saturated rings. The molecule has 3 atom stereocenters. The van der Waals surface area contributed by atoms with Crippen LogP contribution in [0.3, 0.4) is 0 Å². The second-order valence-corrected chi connectivity index (χ2v) is 2.05. The van der Waals surface area contributed by atoms with E-state index in [9.17, 15) is 0 Å². The van der Waals surface area contributed by atoms with E-state index >= 15 is 0 Å². The first-order chi connectivity index (χ1) is 3.27. The van der Waals surface area contributed by atoms with Gasteiger partial charge in [0.1, 0.15) is 0 Å². The molecule has 1 aliphatic rings. The Balaban J connectivity index is 2.24. The fraction of sp³-hybridized carbons (Fsp3) is 1.00. The predicted molar refractivity (Wildman–Crippen MR) is 26.0 cm³/mol. The maximum absolute atomic E-state index is 8.77. The zero-order valence-electron chi connectivity index (χ0n) is 4.59. The largest absolute Gasteiger partial charge is 0.390 e. The molecule has 7 heavy (non-hydrogen) atoms. The molecule has 0 aromatic carbocycles. The molecule has 0 spiro atoms. The average molecular weight is 102 g/mol. The highest BCUT2D eigenvalue weighted by Gasteiger charge is 2.45. The summed E-state index contributed by atoms with van der Waals surface area (Å²) in [6.45, 7) is 1.97. The lowest BCUT2D eigenvalue weighted by atomic mass is 10.5. The lowest BCUT2D eigenvalue weighted by Crippen LogP contribution is -1.92. The first kappa shape index (κ1) is 5.06. The molecule has 0 radical (unpaired) electrons. The Morgan fingerprint density at radius 1 is 1.57 bits per heavy atom. The Kier molecular flexibility index (Phi) is 1.05. The van der Waals surface area contributed by atoms with Gasteiger partial charge in [-0.05, 0) is 0 Å². The van der Waals surface area contributed by atoms with Crippen molar-refractivity contribution in [1.29, 1.82) is 0 Å². The van der Waals surface area contributed by atoms with E-state index in [1.165, 1.54) is 0 Å². The molecule has 1 saturated carbocycles. The summed E-state index contributed by atoms with van der Waals surface area (Å²) in [5.74, 6) is 0.366. The third-order valence-electron chi connectivity index (χ3n) is 1.52. The number of hydrogen-bond acceptors (Lipinski definition) is 2. The van der Waals surface area contributed by atoms with Gasteiger partial charge in [-0.15, -0.1) is 0 Å². The molecule has 0 heterocycles. The molecule has 42 valence electrons. The molecule has 3 unspecified atom stereocenters. The molecule has 0 aromatic rings. The van der Waals surface area contributed by atoms with Crippen LogP contribution < -0.4 is 0 Å². The van der Waals surface area contributed by atoms with Gasteiger partial charge in [0, 0.05) is 13.0 Å². The Bertz CT molecular complexity index is 64.5. The molecule has 0 aliphatic heterocycles. The van der Waals surface area contributed by atoms with Crippen molar-refractivity contribution in [2.75, 3.05) is 7.11 Å². The highest BCUT2D eigenvalue weighted by atomic mass is 16.5. The minimum Gasteiger partial charge on any atom is -0.390 e. The first-order valence-corrected chi connectivity index (χ1v) is 2.48. The van der Waals surface area contributed by atoms with Crippen molar-refractivity contribution in [1.82, 2.24) is 0 Å². The molecule has 2 heteroatoms. The van der Waals surface area contributed by atoms with Crippen LogP contribution in [0.1, 0.15) is 6.92 Å². The number of ether oxygens (including phenoxy) is 1. The smallest absolute Gasteiger partial charge is 0.0884 e. The van der Waals surface area contributed by atoms with Crippen LogP contribution in [0.4, 0.5) is 0 Å². The Labute approximate surface area is 43.1 Å². The van der Waals surface area contributed by atoms with Crippen molar-refractivity contribution < 1.29 is 9.84 Å². The molecule has 0 saturated heterocycles. The number of aliphatic hydroxyl groups is 1. The number of methoxy groups -OCH3 is 1. The number of hydrogen-bond donors (Lipinski definition) is 1. The normalized spacial score (nSPS) is 49.3. The van der Waals surface area contributed by atoms with Crippen molar-refractivity contribution in [3.63, 3.8) is 0 Å². The quantitative estimate of drug-likeness (QED) is 0.505. The van der Waals surface area contributed by atoms with Crippen LogP contribution in [0.5, 0.6) is 0 Å². The van der Waals surface area contributed by atoms with Crippen LogP contribution in [0.2, 0.25) is 0 Å². The van der Waals surface area contributed by atoms with Crippen LogP contribution in [-0.4, -0.2) is 24.4 Å². The highest BCUT2D eigenvalue weighted by molar-refractivity contribution is 4.95. The molecular formula is C5H10O2. The fourth-order valence-corrected chi connectivity index (χ4v) is 0.760. The summed E-state index contributed by atoms with van der Waals surface area (Å²) in [5, 5.41) is 8.77. The Morgan fingerprint density at radius 2 is 2.00 bits per heavy atom. The molecule has 0 bridgehead atoms. The number of rotatable bonds is 1. The van der Waals surface area contributed by atoms with E-state index in [4.69, 9.17) is 9.84 Å². The zero-order valence-corrected chi connectivity index (χ0v) is 4.59. The van der Waals surface area contributed by atoms with Crippen LogP contribution in [0.25, 0.3) is 0 Å². The van der Waals surface area contributed by atoms with E-state index in [-0.39, 0.29) is 12.2 Å². The minimum absolute atomic E-state index is 0.125. The summed E-state index contributed by atoms with van der Waals surface area (Å²) in [4.78, 5) is 0. The molecule has 0 aromatic heterocycles. The summed E-state index contributed by atoms with van der Waals surface area (Å²) in [7, 11) is 1.62. The van der Waals surface area contributed by atoms with Crippen LogP contribution in [0.15, 0.2) is 0 Å². The van der Waals surface area contributed by atoms with Gasteiger partial charge in [0.25, 0.3) is 0 Å². The molecule has 1 rings (SSSR count). The zero-order chi connectivity index (χ0) is 5.44. The van der Waals surface area contributed by atoms with Gasteiger partial charge < -0.3 is 9.84 Å². The second-order valence-electron chi connectivity index (χ2n) is 2.05. The summed E-state index contributed by atoms with van der Waals surface area (Å²) in [5.41, 5.74) is 0. The average Bonchev–Trinajstić information content (AvgIpc) is 2.17. The van der Waals surface area contributed by atoms with E-state index in [0.717, 1.165) is 0 Å². The predicted octanol–water partition coefficient (Wildman–Crippen LogP) is 0.0120. The monoisotopic (exact) mass is 102 g/mol. The fourth-order valence-electron chi connectivity index (χ4n) is 0.760. The summed E-state index contributed by atoms with van der Waals surface area (Å²) in [6, 6.07) is 0. The Hall–Kier alpha value is -0.0800. The minimum atomic E-state index is -0.190. The molecule has 0 amide bonds. The topological polar surface area (TPSA) is 29.5 Å². The molecule has 1 N–H and O–H groups in total. The van der Waals surface area contributed by atoms with Crippen molar-refractivity contribution in [3.8, 4) is 0 Å². The van der Waals surface area contributed by atoms with Gasteiger partial charge in [-0.25, -0.2) is 0 Å². The van der Waals surface area contributed by atoms with Gasteiger partial charge in [0.05, 0.1) is 12.2 Å². The lowest BCUT2D eigenvalue weighted by Gasteiger charge is -1.85. The third kappa shape index (κ3) is 0.640. The van der Waals surface area contributed by atoms with Gasteiger partial charge in [-0.1, -0.05) is 6.92 Å². The van der Waals surface area contributed by atoms with E-state index in [2.05, 4.69) is 0 Å². The van der Waals surface area contributed by atoms with Crippen molar-refractivity contribution >= 4 is 0 Å². The Morgan fingerprint density at radius 3 is 2.00 bits per heavy atom. The standard InChI is InChI=1S/C5H10O2/c1-3-4(6)5(3)7-2/h3-6H,1-2H3. The highest BCUT2D eigenvalue weighted by Crippen LogP contribution is 2.32. The van der Waals surface area contributed by atoms with Crippen molar-refractivity contribution in [2.45, 2.75) is 19.1 Å². The summed E-state index contributed by atoms with van der Waals surface area (Å²) in [6.07, 6.45) is -0.0648. The van der Waals surface area contributed by atoms with Crippen LogP contribution in [-0.2, 0) is 4.74 Å². The van der Waals surface area contributed by atoms with Gasteiger partial charge in [0.15, 0.2) is 0 Å². The lowest BCUT2D eigenvalue weighted by molar-refractivity contribution is 0.127. The van der Waals surface area contributed by atoms with Crippen molar-refractivity contribution in [3.05, 3.63) is 0 Å². The van der Waals surface area contributed by atoms with Gasteiger partial charge in [-0.2, -0.15) is 0 Å². The first-order valence-electron chi connectivity index (χ1n) is 2.48. The van der Waals surface area contributed by atoms with Gasteiger partial charge >= 0.3 is 0 Å². The summed E-state index contributed by atoms with van der Waals surface area (Å²) < 4.78 is 4.84. The van der Waals surface area contributed by atoms with Gasteiger partial charge in [-0.3, -0.25) is 0 Å². The van der Waals surface area contributed by atoms with Gasteiger partial charge in [0.2, 0.25) is 0 Å². The second kappa shape index (κ2) is 1.46. The SMILES string of the molecule is COC1C(C)C1O. The molecule has 2 nitrogen and oxygen atoms in total. The van der Waals surface area contributed by atoms with E-state index in [0.29, 0.717) is 5.92 Å². The summed E-state index contributed by atoms with van der Waals surface area (Å²) >= 11 is 0.